The first kappa shape index (κ1) is 10.5. The molecule has 6 heteroatoms. The van der Waals surface area contributed by atoms with Crippen molar-refractivity contribution in [3.8, 4) is 0 Å². The first-order valence-electron chi connectivity index (χ1n) is 3.67. The zero-order valence-corrected chi connectivity index (χ0v) is 7.87. The van der Waals surface area contributed by atoms with E-state index in [0.717, 1.165) is 6.34 Å². The molecule has 74 valence electrons. The smallest absolute Gasteiger partial charge is 0.154 e. The molecule has 0 aliphatic carbocycles. The van der Waals surface area contributed by atoms with E-state index in [1.807, 2.05) is 0 Å². The van der Waals surface area contributed by atoms with Gasteiger partial charge in [-0.15, -0.1) is 10.2 Å². The molecule has 0 amide bonds. The van der Waals surface area contributed by atoms with Crippen molar-refractivity contribution >= 4 is 23.8 Å². The monoisotopic (exact) mass is 214 g/mol. The fourth-order valence-corrected chi connectivity index (χ4v) is 1.06. The topological polar surface area (TPSA) is 76.8 Å². The van der Waals surface area contributed by atoms with Gasteiger partial charge < -0.3 is 11.5 Å². The van der Waals surface area contributed by atoms with Gasteiger partial charge in [0, 0.05) is 5.56 Å². The van der Waals surface area contributed by atoms with Gasteiger partial charge >= 0.3 is 0 Å². The van der Waals surface area contributed by atoms with Crippen molar-refractivity contribution < 1.29 is 4.39 Å². The lowest BCUT2D eigenvalue weighted by molar-refractivity contribution is 0.627. The molecular formula is C8H8ClFN4. The minimum Gasteiger partial charge on any atom is -0.388 e. The van der Waals surface area contributed by atoms with Crippen molar-refractivity contribution in [2.75, 3.05) is 0 Å². The zero-order chi connectivity index (χ0) is 10.6. The molecule has 0 unspecified atom stereocenters. The summed E-state index contributed by atoms with van der Waals surface area (Å²) in [5.41, 5.74) is 10.7. The van der Waals surface area contributed by atoms with E-state index in [4.69, 9.17) is 23.1 Å². The van der Waals surface area contributed by atoms with Gasteiger partial charge in [-0.1, -0.05) is 11.6 Å². The normalized spacial score (nSPS) is 12.3. The van der Waals surface area contributed by atoms with Crippen LogP contribution in [0.2, 0.25) is 5.02 Å². The van der Waals surface area contributed by atoms with Gasteiger partial charge in [-0.05, 0) is 18.2 Å². The van der Waals surface area contributed by atoms with Crippen molar-refractivity contribution in [2.45, 2.75) is 0 Å². The van der Waals surface area contributed by atoms with Crippen molar-refractivity contribution in [3.05, 3.63) is 34.6 Å². The number of nitrogens with two attached hydrogens (primary N) is 2. The highest BCUT2D eigenvalue weighted by Gasteiger charge is 2.05. The number of halogens is 2. The highest BCUT2D eigenvalue weighted by Crippen LogP contribution is 2.16. The Morgan fingerprint density at radius 1 is 1.50 bits per heavy atom. The van der Waals surface area contributed by atoms with Crippen LogP contribution in [0.15, 0.2) is 28.4 Å². The molecule has 1 rings (SSSR count). The molecule has 0 aromatic heterocycles. The number of amidine groups is 1. The van der Waals surface area contributed by atoms with Crippen LogP contribution in [0.25, 0.3) is 0 Å². The molecule has 0 aliphatic heterocycles. The van der Waals surface area contributed by atoms with E-state index in [9.17, 15) is 4.39 Å². The van der Waals surface area contributed by atoms with Gasteiger partial charge in [0.05, 0.1) is 5.02 Å². The second kappa shape index (κ2) is 4.57. The van der Waals surface area contributed by atoms with Crippen molar-refractivity contribution in [1.82, 2.24) is 0 Å². The molecule has 0 heterocycles. The van der Waals surface area contributed by atoms with Crippen molar-refractivity contribution in [2.24, 2.45) is 21.7 Å². The number of hydrogen-bond acceptors (Lipinski definition) is 2. The Morgan fingerprint density at radius 3 is 2.86 bits per heavy atom. The van der Waals surface area contributed by atoms with Gasteiger partial charge in [0.25, 0.3) is 0 Å². The molecule has 14 heavy (non-hydrogen) atoms. The molecule has 0 atom stereocenters. The van der Waals surface area contributed by atoms with E-state index in [1.165, 1.54) is 18.2 Å². The summed E-state index contributed by atoms with van der Waals surface area (Å²) in [4.78, 5) is 0. The van der Waals surface area contributed by atoms with E-state index >= 15 is 0 Å². The Balaban J connectivity index is 3.11. The lowest BCUT2D eigenvalue weighted by atomic mass is 10.2. The number of benzene rings is 1. The van der Waals surface area contributed by atoms with Crippen LogP contribution in [0.4, 0.5) is 4.39 Å². The first-order chi connectivity index (χ1) is 6.65. The molecule has 0 saturated heterocycles. The predicted molar refractivity (Wildman–Crippen MR) is 54.8 cm³/mol. The maximum absolute atomic E-state index is 12.8. The molecule has 0 spiro atoms. The van der Waals surface area contributed by atoms with Crippen LogP contribution in [0.1, 0.15) is 5.56 Å². The summed E-state index contributed by atoms with van der Waals surface area (Å²) >= 11 is 5.76. The molecule has 4 nitrogen and oxygen atoms in total. The molecule has 0 radical (unpaired) electrons. The Labute approximate surface area is 85.1 Å². The Kier molecular flexibility index (Phi) is 3.41. The number of hydrogen-bond donors (Lipinski definition) is 2. The van der Waals surface area contributed by atoms with Gasteiger partial charge in [-0.3, -0.25) is 0 Å². The third-order valence-electron chi connectivity index (χ3n) is 1.44. The molecule has 0 saturated carbocycles. The molecule has 1 aromatic carbocycles. The summed E-state index contributed by atoms with van der Waals surface area (Å²) in [7, 11) is 0. The average Bonchev–Trinajstić information content (AvgIpc) is 2.18. The molecular weight excluding hydrogens is 207 g/mol. The van der Waals surface area contributed by atoms with Crippen LogP contribution in [0, 0.1) is 5.82 Å². The number of rotatable bonds is 2. The minimum absolute atomic E-state index is 0.0104. The standard InChI is InChI=1S/C8H8ClFN4/c9-7-2-1-5(10)3-6(7)8(12)14-13-4-11/h1-4H,(H2,11,13)(H2,12,14). The Bertz CT molecular complexity index is 389. The van der Waals surface area contributed by atoms with Crippen LogP contribution >= 0.6 is 11.6 Å². The lowest BCUT2D eigenvalue weighted by Crippen LogP contribution is -2.13. The van der Waals surface area contributed by atoms with Crippen LogP contribution in [0.5, 0.6) is 0 Å². The maximum atomic E-state index is 12.8. The second-order valence-corrected chi connectivity index (χ2v) is 2.78. The molecule has 1 aromatic rings. The van der Waals surface area contributed by atoms with Crippen LogP contribution in [-0.4, -0.2) is 12.2 Å². The van der Waals surface area contributed by atoms with Gasteiger partial charge in [0.1, 0.15) is 12.2 Å². The van der Waals surface area contributed by atoms with Crippen molar-refractivity contribution in [3.63, 3.8) is 0 Å². The number of nitrogens with zero attached hydrogens (tertiary/aromatic N) is 2. The van der Waals surface area contributed by atoms with E-state index in [-0.39, 0.29) is 11.4 Å². The van der Waals surface area contributed by atoms with Crippen LogP contribution < -0.4 is 11.5 Å². The molecule has 0 aliphatic rings. The largest absolute Gasteiger partial charge is 0.388 e. The summed E-state index contributed by atoms with van der Waals surface area (Å²) in [6, 6.07) is 3.79. The second-order valence-electron chi connectivity index (χ2n) is 2.37. The van der Waals surface area contributed by atoms with Gasteiger partial charge in [0.2, 0.25) is 0 Å². The molecule has 0 fully saturated rings. The van der Waals surface area contributed by atoms with E-state index in [2.05, 4.69) is 10.2 Å². The fourth-order valence-electron chi connectivity index (χ4n) is 0.843. The van der Waals surface area contributed by atoms with E-state index in [0.29, 0.717) is 5.02 Å². The fraction of sp³-hybridized carbons (Fsp3) is 0. The maximum Gasteiger partial charge on any atom is 0.154 e. The molecule has 4 N–H and O–H groups in total. The highest BCUT2D eigenvalue weighted by atomic mass is 35.5. The minimum atomic E-state index is -0.445. The van der Waals surface area contributed by atoms with Crippen LogP contribution in [-0.2, 0) is 0 Å². The Morgan fingerprint density at radius 2 is 2.21 bits per heavy atom. The van der Waals surface area contributed by atoms with Gasteiger partial charge in [-0.2, -0.15) is 0 Å². The summed E-state index contributed by atoms with van der Waals surface area (Å²) in [6.45, 7) is 0. The summed E-state index contributed by atoms with van der Waals surface area (Å²) in [5, 5.41) is 7.16. The summed E-state index contributed by atoms with van der Waals surface area (Å²) < 4.78 is 12.8. The van der Waals surface area contributed by atoms with Gasteiger partial charge in [0.15, 0.2) is 5.84 Å². The van der Waals surface area contributed by atoms with Crippen molar-refractivity contribution in [1.29, 1.82) is 0 Å². The van der Waals surface area contributed by atoms with E-state index in [1.54, 1.807) is 0 Å². The quantitative estimate of drug-likeness (QED) is 0.439. The average molecular weight is 215 g/mol. The first-order valence-corrected chi connectivity index (χ1v) is 4.05. The highest BCUT2D eigenvalue weighted by molar-refractivity contribution is 6.34. The third kappa shape index (κ3) is 2.43. The zero-order valence-electron chi connectivity index (χ0n) is 7.11. The van der Waals surface area contributed by atoms with E-state index < -0.39 is 5.82 Å². The summed E-state index contributed by atoms with van der Waals surface area (Å²) in [5.74, 6) is -0.435. The lowest BCUT2D eigenvalue weighted by Gasteiger charge is -2.01. The third-order valence-corrected chi connectivity index (χ3v) is 1.77. The molecule has 0 bridgehead atoms. The van der Waals surface area contributed by atoms with Crippen LogP contribution in [0.3, 0.4) is 0 Å². The SMILES string of the molecule is N/C=N\N=C(/N)c1cc(F)ccc1Cl. The van der Waals surface area contributed by atoms with Gasteiger partial charge in [-0.25, -0.2) is 4.39 Å². The summed E-state index contributed by atoms with van der Waals surface area (Å²) in [6.07, 6.45) is 0.972. The Hall–Kier alpha value is -1.62. The predicted octanol–water partition coefficient (Wildman–Crippen LogP) is 1.09.